The van der Waals surface area contributed by atoms with Crippen molar-refractivity contribution in [3.8, 4) is 0 Å². The van der Waals surface area contributed by atoms with Gasteiger partial charge in [-0.1, -0.05) is 12.2 Å². The SMILES string of the molecule is CC1CCOCC(=O)CC/C=C\CCC(=O)O1. The summed E-state index contributed by atoms with van der Waals surface area (Å²) in [6.45, 7) is 2.45. The normalized spacial score (nSPS) is 27.0. The van der Waals surface area contributed by atoms with Crippen molar-refractivity contribution < 1.29 is 19.1 Å². The first-order valence-corrected chi connectivity index (χ1v) is 6.12. The van der Waals surface area contributed by atoms with E-state index in [-0.39, 0.29) is 24.5 Å². The monoisotopic (exact) mass is 240 g/mol. The van der Waals surface area contributed by atoms with Crippen molar-refractivity contribution in [2.24, 2.45) is 0 Å². The number of ether oxygens (including phenoxy) is 2. The van der Waals surface area contributed by atoms with Gasteiger partial charge in [0.15, 0.2) is 5.78 Å². The quantitative estimate of drug-likeness (QED) is 0.480. The average Bonchev–Trinajstić information content (AvgIpc) is 2.28. The first-order chi connectivity index (χ1) is 8.18. The van der Waals surface area contributed by atoms with E-state index in [1.54, 1.807) is 0 Å². The Bertz CT molecular complexity index is 283. The third kappa shape index (κ3) is 6.89. The van der Waals surface area contributed by atoms with Crippen LogP contribution >= 0.6 is 0 Å². The Morgan fingerprint density at radius 1 is 1.18 bits per heavy atom. The van der Waals surface area contributed by atoms with Gasteiger partial charge in [0, 0.05) is 19.3 Å². The first kappa shape index (κ1) is 13.9. The lowest BCUT2D eigenvalue weighted by Crippen LogP contribution is -2.18. The van der Waals surface area contributed by atoms with Gasteiger partial charge in [0.05, 0.1) is 6.61 Å². The van der Waals surface area contributed by atoms with E-state index in [1.165, 1.54) is 0 Å². The molecule has 0 saturated carbocycles. The smallest absolute Gasteiger partial charge is 0.306 e. The molecule has 0 N–H and O–H groups in total. The van der Waals surface area contributed by atoms with E-state index in [2.05, 4.69) is 0 Å². The largest absolute Gasteiger partial charge is 0.463 e. The topological polar surface area (TPSA) is 52.6 Å². The van der Waals surface area contributed by atoms with Gasteiger partial charge in [0.2, 0.25) is 0 Å². The van der Waals surface area contributed by atoms with Crippen LogP contribution in [0.1, 0.15) is 39.0 Å². The van der Waals surface area contributed by atoms with E-state index < -0.39 is 0 Å². The fourth-order valence-corrected chi connectivity index (χ4v) is 1.53. The number of cyclic esters (lactones) is 1. The van der Waals surface area contributed by atoms with E-state index in [1.807, 2.05) is 19.1 Å². The van der Waals surface area contributed by atoms with Gasteiger partial charge in [-0.15, -0.1) is 0 Å². The summed E-state index contributed by atoms with van der Waals surface area (Å²) in [6.07, 6.45) is 6.64. The number of carbonyl (C=O) groups excluding carboxylic acids is 2. The van der Waals surface area contributed by atoms with Crippen LogP contribution in [0.2, 0.25) is 0 Å². The highest BCUT2D eigenvalue weighted by molar-refractivity contribution is 5.79. The number of hydrogen-bond acceptors (Lipinski definition) is 4. The zero-order valence-corrected chi connectivity index (χ0v) is 10.3. The summed E-state index contributed by atoms with van der Waals surface area (Å²) in [4.78, 5) is 22.7. The second-order valence-electron chi connectivity index (χ2n) is 4.23. The molecular formula is C13H20O4. The van der Waals surface area contributed by atoms with Crippen molar-refractivity contribution in [2.45, 2.75) is 45.1 Å². The lowest BCUT2D eigenvalue weighted by Gasteiger charge is -2.13. The Labute approximate surface area is 102 Å². The van der Waals surface area contributed by atoms with Gasteiger partial charge in [-0.2, -0.15) is 0 Å². The highest BCUT2D eigenvalue weighted by atomic mass is 16.5. The molecule has 4 heteroatoms. The molecule has 1 aliphatic rings. The lowest BCUT2D eigenvalue weighted by atomic mass is 10.2. The van der Waals surface area contributed by atoms with Gasteiger partial charge < -0.3 is 9.47 Å². The fraction of sp³-hybridized carbons (Fsp3) is 0.692. The minimum Gasteiger partial charge on any atom is -0.463 e. The molecule has 1 aliphatic heterocycles. The molecule has 1 atom stereocenters. The summed E-state index contributed by atoms with van der Waals surface area (Å²) in [5, 5.41) is 0. The number of Topliss-reactive ketones (excluding diaryl/α,β-unsaturated/α-hetero) is 1. The second kappa shape index (κ2) is 8.01. The Morgan fingerprint density at radius 3 is 2.65 bits per heavy atom. The summed E-state index contributed by atoms with van der Waals surface area (Å²) < 4.78 is 10.4. The predicted molar refractivity (Wildman–Crippen MR) is 63.6 cm³/mol. The van der Waals surface area contributed by atoms with Crippen LogP contribution in [0.3, 0.4) is 0 Å². The summed E-state index contributed by atoms with van der Waals surface area (Å²) >= 11 is 0. The zero-order chi connectivity index (χ0) is 12.5. The maximum absolute atomic E-state index is 11.4. The molecule has 0 aromatic rings. The molecule has 0 aromatic carbocycles. The van der Waals surface area contributed by atoms with Crippen LogP contribution < -0.4 is 0 Å². The Morgan fingerprint density at radius 2 is 1.88 bits per heavy atom. The van der Waals surface area contributed by atoms with E-state index in [0.29, 0.717) is 38.7 Å². The molecule has 4 nitrogen and oxygen atoms in total. The molecule has 0 fully saturated rings. The molecule has 1 heterocycles. The summed E-state index contributed by atoms with van der Waals surface area (Å²) in [5.74, 6) is -0.0494. The highest BCUT2D eigenvalue weighted by Gasteiger charge is 2.09. The number of allylic oxidation sites excluding steroid dienone is 2. The number of rotatable bonds is 0. The Hall–Kier alpha value is -1.16. The van der Waals surface area contributed by atoms with Gasteiger partial charge in [-0.3, -0.25) is 9.59 Å². The molecule has 17 heavy (non-hydrogen) atoms. The van der Waals surface area contributed by atoms with Gasteiger partial charge >= 0.3 is 5.97 Å². The van der Waals surface area contributed by atoms with Crippen molar-refractivity contribution in [1.82, 2.24) is 0 Å². The van der Waals surface area contributed by atoms with Crippen LogP contribution in [0.25, 0.3) is 0 Å². The molecular weight excluding hydrogens is 220 g/mol. The van der Waals surface area contributed by atoms with E-state index in [9.17, 15) is 9.59 Å². The van der Waals surface area contributed by atoms with Crippen molar-refractivity contribution >= 4 is 11.8 Å². The van der Waals surface area contributed by atoms with Gasteiger partial charge in [-0.05, 0) is 19.8 Å². The molecule has 0 radical (unpaired) electrons. The molecule has 0 aliphatic carbocycles. The zero-order valence-electron chi connectivity index (χ0n) is 10.3. The van der Waals surface area contributed by atoms with Crippen molar-refractivity contribution in [3.05, 3.63) is 12.2 Å². The summed E-state index contributed by atoms with van der Waals surface area (Å²) in [6, 6.07) is 0. The number of carbonyl (C=O) groups is 2. The van der Waals surface area contributed by atoms with Gasteiger partial charge in [0.1, 0.15) is 12.7 Å². The Balaban J connectivity index is 2.42. The molecule has 0 aromatic heterocycles. The summed E-state index contributed by atoms with van der Waals surface area (Å²) in [7, 11) is 0. The van der Waals surface area contributed by atoms with E-state index >= 15 is 0 Å². The van der Waals surface area contributed by atoms with E-state index in [4.69, 9.17) is 9.47 Å². The molecule has 0 saturated heterocycles. The van der Waals surface area contributed by atoms with E-state index in [0.717, 1.165) is 0 Å². The third-order valence-electron chi connectivity index (χ3n) is 2.54. The minimum atomic E-state index is -0.171. The summed E-state index contributed by atoms with van der Waals surface area (Å²) in [5.41, 5.74) is 0. The molecule has 0 spiro atoms. The highest BCUT2D eigenvalue weighted by Crippen LogP contribution is 2.05. The maximum atomic E-state index is 11.4. The van der Waals surface area contributed by atoms with Gasteiger partial charge in [-0.25, -0.2) is 0 Å². The van der Waals surface area contributed by atoms with Crippen molar-refractivity contribution in [3.63, 3.8) is 0 Å². The third-order valence-corrected chi connectivity index (χ3v) is 2.54. The number of hydrogen-bond donors (Lipinski definition) is 0. The second-order valence-corrected chi connectivity index (χ2v) is 4.23. The van der Waals surface area contributed by atoms with Gasteiger partial charge in [0.25, 0.3) is 0 Å². The lowest BCUT2D eigenvalue weighted by molar-refractivity contribution is -0.149. The van der Waals surface area contributed by atoms with Crippen LogP contribution in [0.4, 0.5) is 0 Å². The van der Waals surface area contributed by atoms with Crippen LogP contribution in [0.15, 0.2) is 12.2 Å². The minimum absolute atomic E-state index is 0.122. The Kier molecular flexibility index (Phi) is 6.55. The average molecular weight is 240 g/mol. The van der Waals surface area contributed by atoms with Crippen molar-refractivity contribution in [1.29, 1.82) is 0 Å². The standard InChI is InChI=1S/C13H20O4/c1-11-8-9-16-10-12(14)6-4-2-3-5-7-13(15)17-11/h2-3,11H,4-10H2,1H3/b3-2-. The van der Waals surface area contributed by atoms with Crippen LogP contribution in [0.5, 0.6) is 0 Å². The van der Waals surface area contributed by atoms with Crippen LogP contribution in [0, 0.1) is 0 Å². The fourth-order valence-electron chi connectivity index (χ4n) is 1.53. The predicted octanol–water partition coefficient (Wildman–Crippen LogP) is 2.02. The molecule has 96 valence electrons. The molecule has 1 rings (SSSR count). The number of ketones is 1. The molecule has 1 unspecified atom stereocenters. The number of esters is 1. The van der Waals surface area contributed by atoms with Crippen LogP contribution in [-0.2, 0) is 19.1 Å². The maximum Gasteiger partial charge on any atom is 0.306 e. The van der Waals surface area contributed by atoms with Crippen LogP contribution in [-0.4, -0.2) is 31.1 Å². The first-order valence-electron chi connectivity index (χ1n) is 6.12. The molecule has 0 amide bonds. The van der Waals surface area contributed by atoms with Crippen molar-refractivity contribution in [2.75, 3.05) is 13.2 Å². The molecule has 0 bridgehead atoms.